The predicted molar refractivity (Wildman–Crippen MR) is 77.8 cm³/mol. The van der Waals surface area contributed by atoms with E-state index < -0.39 is 0 Å². The Kier molecular flexibility index (Phi) is 2.68. The van der Waals surface area contributed by atoms with Gasteiger partial charge < -0.3 is 11.5 Å². The van der Waals surface area contributed by atoms with E-state index in [1.54, 1.807) is 4.68 Å². The number of hydrogen-bond acceptors (Lipinski definition) is 3. The number of para-hydroxylation sites is 1. The molecule has 0 radical (unpaired) electrons. The molecule has 0 saturated carbocycles. The Balaban J connectivity index is 2.17. The van der Waals surface area contributed by atoms with Crippen LogP contribution in [0, 0.1) is 0 Å². The summed E-state index contributed by atoms with van der Waals surface area (Å²) in [6.07, 6.45) is 0. The fourth-order valence-electron chi connectivity index (χ4n) is 2.12. The fraction of sp³-hybridized carbons (Fsp3) is 0. The third kappa shape index (κ3) is 1.93. The second-order valence-electron chi connectivity index (χ2n) is 4.26. The molecule has 0 atom stereocenters. The van der Waals surface area contributed by atoms with Crippen molar-refractivity contribution in [2.75, 3.05) is 11.5 Å². The van der Waals surface area contributed by atoms with Crippen LogP contribution in [0.5, 0.6) is 0 Å². The Morgan fingerprint density at radius 1 is 0.789 bits per heavy atom. The van der Waals surface area contributed by atoms with Crippen LogP contribution in [0.3, 0.4) is 0 Å². The van der Waals surface area contributed by atoms with Gasteiger partial charge in [-0.25, -0.2) is 4.68 Å². The van der Waals surface area contributed by atoms with Crippen molar-refractivity contribution in [2.24, 2.45) is 0 Å². The van der Waals surface area contributed by atoms with E-state index in [0.29, 0.717) is 11.6 Å². The molecule has 3 aromatic rings. The van der Waals surface area contributed by atoms with Crippen LogP contribution in [-0.4, -0.2) is 9.78 Å². The van der Waals surface area contributed by atoms with Gasteiger partial charge in [0.25, 0.3) is 0 Å². The van der Waals surface area contributed by atoms with E-state index in [0.717, 1.165) is 16.8 Å². The Bertz CT molecular complexity index is 687. The molecular formula is C15H14N4. The number of nitrogens with two attached hydrogens (primary N) is 2. The molecule has 19 heavy (non-hydrogen) atoms. The normalized spacial score (nSPS) is 10.5. The zero-order valence-corrected chi connectivity index (χ0v) is 10.3. The lowest BCUT2D eigenvalue weighted by atomic mass is 10.1. The van der Waals surface area contributed by atoms with Crippen molar-refractivity contribution >= 4 is 11.6 Å². The number of benzene rings is 2. The minimum atomic E-state index is 0.438. The van der Waals surface area contributed by atoms with E-state index in [2.05, 4.69) is 5.10 Å². The van der Waals surface area contributed by atoms with E-state index in [9.17, 15) is 0 Å². The molecule has 0 spiro atoms. The number of nitrogen functional groups attached to an aromatic ring is 2. The molecule has 4 heteroatoms. The van der Waals surface area contributed by atoms with Crippen LogP contribution in [0.15, 0.2) is 60.7 Å². The molecule has 1 heterocycles. The third-order valence-corrected chi connectivity index (χ3v) is 3.01. The third-order valence-electron chi connectivity index (χ3n) is 3.01. The first kappa shape index (κ1) is 11.3. The van der Waals surface area contributed by atoms with Crippen LogP contribution in [-0.2, 0) is 0 Å². The monoisotopic (exact) mass is 250 g/mol. The minimum absolute atomic E-state index is 0.438. The molecule has 0 amide bonds. The molecule has 0 aliphatic carbocycles. The van der Waals surface area contributed by atoms with Gasteiger partial charge >= 0.3 is 0 Å². The SMILES string of the molecule is Nc1nn(-c2ccccc2)c(N)c1-c1ccccc1. The average Bonchev–Trinajstić information content (AvgIpc) is 2.76. The van der Waals surface area contributed by atoms with Crippen molar-refractivity contribution in [3.8, 4) is 16.8 Å². The zero-order chi connectivity index (χ0) is 13.2. The van der Waals surface area contributed by atoms with Gasteiger partial charge in [-0.15, -0.1) is 5.10 Å². The number of aromatic nitrogens is 2. The van der Waals surface area contributed by atoms with Gasteiger partial charge in [0.05, 0.1) is 11.3 Å². The summed E-state index contributed by atoms with van der Waals surface area (Å²) >= 11 is 0. The van der Waals surface area contributed by atoms with Gasteiger partial charge in [0, 0.05) is 0 Å². The molecule has 0 aliphatic heterocycles. The molecule has 0 unspecified atom stereocenters. The van der Waals surface area contributed by atoms with Crippen molar-refractivity contribution in [1.82, 2.24) is 9.78 Å². The van der Waals surface area contributed by atoms with E-state index in [4.69, 9.17) is 11.5 Å². The Morgan fingerprint density at radius 3 is 2.00 bits per heavy atom. The summed E-state index contributed by atoms with van der Waals surface area (Å²) in [4.78, 5) is 0. The Labute approximate surface area is 111 Å². The molecule has 94 valence electrons. The highest BCUT2D eigenvalue weighted by molar-refractivity contribution is 5.84. The molecule has 0 fully saturated rings. The number of rotatable bonds is 2. The van der Waals surface area contributed by atoms with Crippen molar-refractivity contribution in [2.45, 2.75) is 0 Å². The van der Waals surface area contributed by atoms with Crippen LogP contribution < -0.4 is 11.5 Å². The molecule has 0 saturated heterocycles. The van der Waals surface area contributed by atoms with Gasteiger partial charge in [-0.3, -0.25) is 0 Å². The zero-order valence-electron chi connectivity index (χ0n) is 10.3. The van der Waals surface area contributed by atoms with Gasteiger partial charge in [-0.05, 0) is 17.7 Å². The second kappa shape index (κ2) is 4.49. The maximum Gasteiger partial charge on any atom is 0.156 e. The number of anilines is 2. The van der Waals surface area contributed by atoms with Crippen LogP contribution in [0.1, 0.15) is 0 Å². The van der Waals surface area contributed by atoms with Crippen LogP contribution in [0.25, 0.3) is 16.8 Å². The average molecular weight is 250 g/mol. The quantitative estimate of drug-likeness (QED) is 0.734. The van der Waals surface area contributed by atoms with Crippen molar-refractivity contribution in [3.05, 3.63) is 60.7 Å². The van der Waals surface area contributed by atoms with Gasteiger partial charge in [-0.2, -0.15) is 0 Å². The standard InChI is InChI=1S/C15H14N4/c16-14-13(11-7-3-1-4-8-11)15(17)19(18-14)12-9-5-2-6-10-12/h1-10H,17H2,(H2,16,18). The lowest BCUT2D eigenvalue weighted by Crippen LogP contribution is -2.01. The van der Waals surface area contributed by atoms with Crippen LogP contribution in [0.4, 0.5) is 11.6 Å². The second-order valence-corrected chi connectivity index (χ2v) is 4.26. The van der Waals surface area contributed by atoms with Crippen molar-refractivity contribution < 1.29 is 0 Å². The highest BCUT2D eigenvalue weighted by Gasteiger charge is 2.15. The molecule has 4 nitrogen and oxygen atoms in total. The molecule has 0 bridgehead atoms. The topological polar surface area (TPSA) is 69.9 Å². The Morgan fingerprint density at radius 2 is 1.37 bits per heavy atom. The molecule has 0 aliphatic rings. The summed E-state index contributed by atoms with van der Waals surface area (Å²) in [6, 6.07) is 19.5. The van der Waals surface area contributed by atoms with Gasteiger partial charge in [0.15, 0.2) is 5.82 Å². The summed E-state index contributed by atoms with van der Waals surface area (Å²) < 4.78 is 1.66. The lowest BCUT2D eigenvalue weighted by molar-refractivity contribution is 0.897. The van der Waals surface area contributed by atoms with E-state index in [-0.39, 0.29) is 0 Å². The maximum absolute atomic E-state index is 6.19. The summed E-state index contributed by atoms with van der Waals surface area (Å²) in [7, 11) is 0. The first-order valence-corrected chi connectivity index (χ1v) is 6.02. The maximum atomic E-state index is 6.19. The molecule has 2 aromatic carbocycles. The Hall–Kier alpha value is -2.75. The number of nitrogens with zero attached hydrogens (tertiary/aromatic N) is 2. The van der Waals surface area contributed by atoms with Crippen LogP contribution >= 0.6 is 0 Å². The van der Waals surface area contributed by atoms with Gasteiger partial charge in [0.2, 0.25) is 0 Å². The van der Waals surface area contributed by atoms with Gasteiger partial charge in [0.1, 0.15) is 5.82 Å². The van der Waals surface area contributed by atoms with Crippen molar-refractivity contribution in [1.29, 1.82) is 0 Å². The van der Waals surface area contributed by atoms with Crippen molar-refractivity contribution in [3.63, 3.8) is 0 Å². The van der Waals surface area contributed by atoms with E-state index >= 15 is 0 Å². The highest BCUT2D eigenvalue weighted by atomic mass is 15.3. The van der Waals surface area contributed by atoms with E-state index in [1.807, 2.05) is 60.7 Å². The predicted octanol–water partition coefficient (Wildman–Crippen LogP) is 2.70. The fourth-order valence-corrected chi connectivity index (χ4v) is 2.12. The van der Waals surface area contributed by atoms with E-state index in [1.165, 1.54) is 0 Å². The lowest BCUT2D eigenvalue weighted by Gasteiger charge is -2.04. The molecular weight excluding hydrogens is 236 g/mol. The van der Waals surface area contributed by atoms with Crippen LogP contribution in [0.2, 0.25) is 0 Å². The molecule has 1 aromatic heterocycles. The first-order chi connectivity index (χ1) is 9.27. The summed E-state index contributed by atoms with van der Waals surface area (Å²) in [5, 5.41) is 4.33. The molecule has 3 rings (SSSR count). The largest absolute Gasteiger partial charge is 0.383 e. The highest BCUT2D eigenvalue weighted by Crippen LogP contribution is 2.32. The summed E-state index contributed by atoms with van der Waals surface area (Å²) in [5.74, 6) is 0.988. The van der Waals surface area contributed by atoms with Gasteiger partial charge in [-0.1, -0.05) is 48.5 Å². The number of hydrogen-bond donors (Lipinski definition) is 2. The summed E-state index contributed by atoms with van der Waals surface area (Å²) in [6.45, 7) is 0. The smallest absolute Gasteiger partial charge is 0.156 e. The first-order valence-electron chi connectivity index (χ1n) is 6.02. The minimum Gasteiger partial charge on any atom is -0.383 e. The summed E-state index contributed by atoms with van der Waals surface area (Å²) in [5.41, 5.74) is 14.8. The molecule has 4 N–H and O–H groups in total.